The van der Waals surface area contributed by atoms with Gasteiger partial charge in [0.15, 0.2) is 5.11 Å². The summed E-state index contributed by atoms with van der Waals surface area (Å²) in [5.74, 6) is -0.510. The first-order valence-electron chi connectivity index (χ1n) is 6.82. The first-order valence-corrected chi connectivity index (χ1v) is 9.15. The van der Waals surface area contributed by atoms with Crippen LogP contribution < -0.4 is 15.8 Å². The van der Waals surface area contributed by atoms with Crippen LogP contribution in [0.1, 0.15) is 18.5 Å². The molecular weight excluding hydrogens is 373 g/mol. The standard InChI is InChI=1S/C15H15ClFN3O2S2/c1-9(10-2-5-12(6-3-10)24(18,21)22)19-15(23)20-11-4-7-14(17)13(16)8-11/h2-9H,1H3,(H2,18,21,22)(H2,19,20,23)/t9-/m1/s1. The van der Waals surface area contributed by atoms with Gasteiger partial charge in [0.2, 0.25) is 10.0 Å². The molecule has 1 atom stereocenters. The van der Waals surface area contributed by atoms with Gasteiger partial charge in [-0.3, -0.25) is 0 Å². The summed E-state index contributed by atoms with van der Waals surface area (Å²) in [7, 11) is -3.72. The van der Waals surface area contributed by atoms with Crippen molar-refractivity contribution in [3.8, 4) is 0 Å². The van der Waals surface area contributed by atoms with Crippen molar-refractivity contribution < 1.29 is 12.8 Å². The molecule has 0 aliphatic carbocycles. The van der Waals surface area contributed by atoms with Crippen LogP contribution in [-0.2, 0) is 10.0 Å². The van der Waals surface area contributed by atoms with Crippen LogP contribution in [-0.4, -0.2) is 13.5 Å². The SMILES string of the molecule is C[C@@H](NC(=S)Nc1ccc(F)c(Cl)c1)c1ccc(S(N)(=O)=O)cc1. The molecule has 0 aliphatic rings. The molecule has 2 rings (SSSR count). The summed E-state index contributed by atoms with van der Waals surface area (Å²) < 4.78 is 35.6. The smallest absolute Gasteiger partial charge is 0.238 e. The molecule has 2 aromatic carbocycles. The maximum Gasteiger partial charge on any atom is 0.238 e. The number of sulfonamides is 1. The molecule has 0 heterocycles. The van der Waals surface area contributed by atoms with Crippen LogP contribution in [0.5, 0.6) is 0 Å². The minimum Gasteiger partial charge on any atom is -0.356 e. The third-order valence-corrected chi connectivity index (χ3v) is 4.67. The molecule has 0 spiro atoms. The monoisotopic (exact) mass is 387 g/mol. The van der Waals surface area contributed by atoms with E-state index >= 15 is 0 Å². The Morgan fingerprint density at radius 3 is 2.42 bits per heavy atom. The third-order valence-electron chi connectivity index (χ3n) is 3.23. The van der Waals surface area contributed by atoms with Crippen molar-refractivity contribution in [2.45, 2.75) is 17.9 Å². The van der Waals surface area contributed by atoms with Gasteiger partial charge >= 0.3 is 0 Å². The minimum atomic E-state index is -3.72. The highest BCUT2D eigenvalue weighted by atomic mass is 35.5. The summed E-state index contributed by atoms with van der Waals surface area (Å²) in [6.45, 7) is 1.86. The summed E-state index contributed by atoms with van der Waals surface area (Å²) >= 11 is 10.9. The maximum absolute atomic E-state index is 13.1. The minimum absolute atomic E-state index is 0.00516. The number of rotatable bonds is 4. The molecule has 0 radical (unpaired) electrons. The molecule has 0 bridgehead atoms. The number of nitrogens with two attached hydrogens (primary N) is 1. The van der Waals surface area contributed by atoms with E-state index in [1.165, 1.54) is 30.3 Å². The summed E-state index contributed by atoms with van der Waals surface area (Å²) in [5.41, 5.74) is 1.37. The quantitative estimate of drug-likeness (QED) is 0.702. The van der Waals surface area contributed by atoms with Crippen LogP contribution in [0.2, 0.25) is 5.02 Å². The summed E-state index contributed by atoms with van der Waals surface area (Å²) in [4.78, 5) is 0.0418. The number of halogens is 2. The Kier molecular flexibility index (Phi) is 5.76. The normalized spacial score (nSPS) is 12.5. The lowest BCUT2D eigenvalue weighted by Crippen LogP contribution is -2.30. The van der Waals surface area contributed by atoms with E-state index < -0.39 is 15.8 Å². The fourth-order valence-electron chi connectivity index (χ4n) is 1.97. The molecule has 0 saturated heterocycles. The van der Waals surface area contributed by atoms with Crippen molar-refractivity contribution in [3.05, 3.63) is 58.9 Å². The molecule has 9 heteroatoms. The Hall–Kier alpha value is -1.74. The first-order chi connectivity index (χ1) is 11.2. The summed E-state index contributed by atoms with van der Waals surface area (Å²) in [5, 5.41) is 11.3. The first kappa shape index (κ1) is 18.6. The predicted molar refractivity (Wildman–Crippen MR) is 97.0 cm³/mol. The van der Waals surface area contributed by atoms with Crippen molar-refractivity contribution in [2.75, 3.05) is 5.32 Å². The summed E-state index contributed by atoms with van der Waals surface area (Å²) in [6, 6.07) is 10.2. The van der Waals surface area contributed by atoms with E-state index in [0.717, 1.165) is 5.56 Å². The Morgan fingerprint density at radius 2 is 1.88 bits per heavy atom. The van der Waals surface area contributed by atoms with Gasteiger partial charge in [0.05, 0.1) is 16.0 Å². The second-order valence-corrected chi connectivity index (χ2v) is 7.44. The molecule has 0 aliphatic heterocycles. The zero-order valence-electron chi connectivity index (χ0n) is 12.6. The van der Waals surface area contributed by atoms with Gasteiger partial charge < -0.3 is 10.6 Å². The van der Waals surface area contributed by atoms with Crippen molar-refractivity contribution in [1.82, 2.24) is 5.32 Å². The van der Waals surface area contributed by atoms with Crippen LogP contribution in [0.3, 0.4) is 0 Å². The van der Waals surface area contributed by atoms with E-state index in [2.05, 4.69) is 10.6 Å². The number of benzene rings is 2. The van der Waals surface area contributed by atoms with Gasteiger partial charge in [-0.15, -0.1) is 0 Å². The fourth-order valence-corrected chi connectivity index (χ4v) is 2.96. The van der Waals surface area contributed by atoms with Crippen molar-refractivity contribution >= 4 is 44.6 Å². The number of nitrogens with one attached hydrogen (secondary N) is 2. The summed E-state index contributed by atoms with van der Waals surface area (Å²) in [6.07, 6.45) is 0. The largest absolute Gasteiger partial charge is 0.356 e. The third kappa shape index (κ3) is 4.88. The van der Waals surface area contributed by atoms with Crippen LogP contribution in [0, 0.1) is 5.82 Å². The van der Waals surface area contributed by atoms with Gasteiger partial charge in [-0.2, -0.15) is 0 Å². The molecule has 0 unspecified atom stereocenters. The maximum atomic E-state index is 13.1. The Balaban J connectivity index is 2.01. The number of hydrogen-bond donors (Lipinski definition) is 3. The molecule has 24 heavy (non-hydrogen) atoms. The molecule has 5 nitrogen and oxygen atoms in total. The van der Waals surface area contributed by atoms with E-state index in [1.807, 2.05) is 6.92 Å². The van der Waals surface area contributed by atoms with Crippen molar-refractivity contribution in [3.63, 3.8) is 0 Å². The molecule has 0 saturated carbocycles. The number of primary sulfonamides is 1. The van der Waals surface area contributed by atoms with Gasteiger partial charge in [0, 0.05) is 5.69 Å². The number of anilines is 1. The molecular formula is C15H15ClFN3O2S2. The van der Waals surface area contributed by atoms with E-state index in [1.54, 1.807) is 12.1 Å². The van der Waals surface area contributed by atoms with Crippen LogP contribution in [0.25, 0.3) is 0 Å². The Labute approximate surface area is 150 Å². The number of thiocarbonyl (C=S) groups is 1. The predicted octanol–water partition coefficient (Wildman–Crippen LogP) is 3.17. The van der Waals surface area contributed by atoms with Crippen LogP contribution in [0.15, 0.2) is 47.4 Å². The van der Waals surface area contributed by atoms with Gasteiger partial charge in [0.1, 0.15) is 5.82 Å². The zero-order valence-corrected chi connectivity index (χ0v) is 15.0. The Bertz CT molecular complexity index is 858. The molecule has 0 fully saturated rings. The topological polar surface area (TPSA) is 84.2 Å². The lowest BCUT2D eigenvalue weighted by Gasteiger charge is -2.18. The second kappa shape index (κ2) is 7.43. The van der Waals surface area contributed by atoms with Gasteiger partial charge in [0.25, 0.3) is 0 Å². The van der Waals surface area contributed by atoms with Gasteiger partial charge in [-0.1, -0.05) is 23.7 Å². The molecule has 0 aromatic heterocycles. The van der Waals surface area contributed by atoms with Crippen molar-refractivity contribution in [2.24, 2.45) is 5.14 Å². The Morgan fingerprint density at radius 1 is 1.25 bits per heavy atom. The lowest BCUT2D eigenvalue weighted by molar-refractivity contribution is 0.597. The lowest BCUT2D eigenvalue weighted by atomic mass is 10.1. The van der Waals surface area contributed by atoms with E-state index in [4.69, 9.17) is 29.0 Å². The van der Waals surface area contributed by atoms with E-state index in [0.29, 0.717) is 10.8 Å². The average molecular weight is 388 g/mol. The van der Waals surface area contributed by atoms with Crippen LogP contribution >= 0.6 is 23.8 Å². The zero-order chi connectivity index (χ0) is 17.9. The fraction of sp³-hybridized carbons (Fsp3) is 0.133. The highest BCUT2D eigenvalue weighted by molar-refractivity contribution is 7.89. The molecule has 2 aromatic rings. The molecule has 128 valence electrons. The van der Waals surface area contributed by atoms with Gasteiger partial charge in [-0.25, -0.2) is 17.9 Å². The van der Waals surface area contributed by atoms with Crippen LogP contribution in [0.4, 0.5) is 10.1 Å². The highest BCUT2D eigenvalue weighted by Gasteiger charge is 2.11. The number of hydrogen-bond acceptors (Lipinski definition) is 3. The molecule has 0 amide bonds. The molecule has 4 N–H and O–H groups in total. The van der Waals surface area contributed by atoms with E-state index in [-0.39, 0.29) is 16.0 Å². The van der Waals surface area contributed by atoms with E-state index in [9.17, 15) is 12.8 Å². The highest BCUT2D eigenvalue weighted by Crippen LogP contribution is 2.20. The second-order valence-electron chi connectivity index (χ2n) is 5.06. The average Bonchev–Trinajstić information content (AvgIpc) is 2.50. The van der Waals surface area contributed by atoms with Gasteiger partial charge in [-0.05, 0) is 55.0 Å². The van der Waals surface area contributed by atoms with Crippen molar-refractivity contribution in [1.29, 1.82) is 0 Å².